The third kappa shape index (κ3) is 2.74. The molecule has 0 radical (unpaired) electrons. The molecule has 1 aliphatic heterocycles. The number of nitrogens with one attached hydrogen (secondary N) is 1. The summed E-state index contributed by atoms with van der Waals surface area (Å²) in [5.41, 5.74) is 1.34. The highest BCUT2D eigenvalue weighted by atomic mass is 32.1. The molecule has 1 N–H and O–H groups in total. The van der Waals surface area contributed by atoms with Gasteiger partial charge < -0.3 is 4.98 Å². The summed E-state index contributed by atoms with van der Waals surface area (Å²) in [5, 5.41) is 0.867. The number of aryl methyl sites for hydroxylation is 1. The SMILES string of the molecule is C[C@@H]1CCc2c(sc3nc([C@@H](C)N4CCCCC4)[nH]c(=O)c23)C1. The minimum absolute atomic E-state index is 0.0703. The Balaban J connectivity index is 1.74. The molecular formula is C18H25N3OS. The molecule has 124 valence electrons. The average Bonchev–Trinajstić information content (AvgIpc) is 2.92. The van der Waals surface area contributed by atoms with Gasteiger partial charge in [0.2, 0.25) is 0 Å². The summed E-state index contributed by atoms with van der Waals surface area (Å²) >= 11 is 1.75. The number of aromatic nitrogens is 2. The number of thiophene rings is 1. The predicted molar refractivity (Wildman–Crippen MR) is 95.3 cm³/mol. The number of hydrogen-bond donors (Lipinski definition) is 1. The maximum absolute atomic E-state index is 12.7. The Bertz CT molecular complexity index is 772. The summed E-state index contributed by atoms with van der Waals surface area (Å²) in [5.74, 6) is 1.57. The molecule has 23 heavy (non-hydrogen) atoms. The lowest BCUT2D eigenvalue weighted by molar-refractivity contribution is 0.169. The van der Waals surface area contributed by atoms with E-state index in [1.807, 2.05) is 0 Å². The van der Waals surface area contributed by atoms with Crippen LogP contribution in [-0.2, 0) is 12.8 Å². The van der Waals surface area contributed by atoms with Crippen LogP contribution in [0, 0.1) is 5.92 Å². The number of aromatic amines is 1. The van der Waals surface area contributed by atoms with Crippen LogP contribution in [0.15, 0.2) is 4.79 Å². The van der Waals surface area contributed by atoms with Crippen LogP contribution < -0.4 is 5.56 Å². The van der Waals surface area contributed by atoms with E-state index < -0.39 is 0 Å². The Morgan fingerprint density at radius 2 is 2.09 bits per heavy atom. The molecule has 4 nitrogen and oxygen atoms in total. The van der Waals surface area contributed by atoms with Gasteiger partial charge in [0.15, 0.2) is 0 Å². The van der Waals surface area contributed by atoms with Gasteiger partial charge in [0, 0.05) is 4.88 Å². The third-order valence-electron chi connectivity index (χ3n) is 5.52. The van der Waals surface area contributed by atoms with Crippen molar-refractivity contribution >= 4 is 21.6 Å². The van der Waals surface area contributed by atoms with Crippen LogP contribution in [0.25, 0.3) is 10.2 Å². The normalized spacial score (nSPS) is 23.8. The molecule has 1 saturated heterocycles. The molecule has 2 aromatic rings. The van der Waals surface area contributed by atoms with Crippen LogP contribution >= 0.6 is 11.3 Å². The lowest BCUT2D eigenvalue weighted by Crippen LogP contribution is -2.34. The van der Waals surface area contributed by atoms with Crippen molar-refractivity contribution in [3.05, 3.63) is 26.6 Å². The first-order valence-corrected chi connectivity index (χ1v) is 9.73. The van der Waals surface area contributed by atoms with E-state index in [1.165, 1.54) is 36.1 Å². The summed E-state index contributed by atoms with van der Waals surface area (Å²) in [7, 11) is 0. The van der Waals surface area contributed by atoms with Gasteiger partial charge in [0.1, 0.15) is 10.7 Å². The van der Waals surface area contributed by atoms with E-state index >= 15 is 0 Å². The minimum Gasteiger partial charge on any atom is -0.309 e. The standard InChI is InChI=1S/C18H25N3OS/c1-11-6-7-13-14(10-11)23-18-15(13)17(22)19-16(20-18)12(2)21-8-4-3-5-9-21/h11-12H,3-10H2,1-2H3,(H,19,20,22)/t11-,12-/m1/s1. The maximum atomic E-state index is 12.7. The van der Waals surface area contributed by atoms with Gasteiger partial charge >= 0.3 is 0 Å². The molecule has 3 heterocycles. The zero-order valence-corrected chi connectivity index (χ0v) is 14.8. The lowest BCUT2D eigenvalue weighted by Gasteiger charge is -2.31. The summed E-state index contributed by atoms with van der Waals surface area (Å²) in [6, 6.07) is 0.199. The number of fused-ring (bicyclic) bond motifs is 3. The van der Waals surface area contributed by atoms with E-state index in [-0.39, 0.29) is 11.6 Å². The molecule has 0 bridgehead atoms. The van der Waals surface area contributed by atoms with E-state index in [0.717, 1.165) is 47.9 Å². The minimum atomic E-state index is 0.0703. The van der Waals surface area contributed by atoms with Crippen molar-refractivity contribution in [3.63, 3.8) is 0 Å². The Morgan fingerprint density at radius 1 is 1.30 bits per heavy atom. The molecule has 1 fully saturated rings. The van der Waals surface area contributed by atoms with Gasteiger partial charge in [-0.05, 0) is 63.6 Å². The molecule has 0 unspecified atom stereocenters. The summed E-state index contributed by atoms with van der Waals surface area (Å²) in [6.45, 7) is 6.70. The van der Waals surface area contributed by atoms with Crippen molar-refractivity contribution in [2.75, 3.05) is 13.1 Å². The first-order chi connectivity index (χ1) is 11.1. The van der Waals surface area contributed by atoms with Gasteiger partial charge in [-0.15, -0.1) is 11.3 Å². The number of nitrogens with zero attached hydrogens (tertiary/aromatic N) is 2. The second-order valence-electron chi connectivity index (χ2n) is 7.26. The Morgan fingerprint density at radius 3 is 2.87 bits per heavy atom. The maximum Gasteiger partial charge on any atom is 0.259 e. The number of hydrogen-bond acceptors (Lipinski definition) is 4. The smallest absolute Gasteiger partial charge is 0.259 e. The number of likely N-dealkylation sites (tertiary alicyclic amines) is 1. The summed E-state index contributed by atoms with van der Waals surface area (Å²) < 4.78 is 0. The molecule has 2 aromatic heterocycles. The second-order valence-corrected chi connectivity index (χ2v) is 8.34. The van der Waals surface area contributed by atoms with Gasteiger partial charge in [-0.1, -0.05) is 13.3 Å². The van der Waals surface area contributed by atoms with Gasteiger partial charge in [-0.2, -0.15) is 0 Å². The topological polar surface area (TPSA) is 49.0 Å². The quantitative estimate of drug-likeness (QED) is 0.913. The first-order valence-electron chi connectivity index (χ1n) is 8.92. The predicted octanol–water partition coefficient (Wildman–Crippen LogP) is 3.66. The van der Waals surface area contributed by atoms with Crippen molar-refractivity contribution in [3.8, 4) is 0 Å². The van der Waals surface area contributed by atoms with E-state index in [9.17, 15) is 4.79 Å². The molecule has 0 aromatic carbocycles. The van der Waals surface area contributed by atoms with Crippen LogP contribution in [0.2, 0.25) is 0 Å². The molecule has 1 aliphatic carbocycles. The van der Waals surface area contributed by atoms with Crippen LogP contribution in [-0.4, -0.2) is 28.0 Å². The monoisotopic (exact) mass is 331 g/mol. The molecule has 2 atom stereocenters. The fourth-order valence-electron chi connectivity index (χ4n) is 4.04. The largest absolute Gasteiger partial charge is 0.309 e. The van der Waals surface area contributed by atoms with Gasteiger partial charge in [-0.3, -0.25) is 9.69 Å². The van der Waals surface area contributed by atoms with Gasteiger partial charge in [0.25, 0.3) is 5.56 Å². The molecule has 0 spiro atoms. The van der Waals surface area contributed by atoms with Gasteiger partial charge in [-0.25, -0.2) is 4.98 Å². The Labute approximate surface area is 140 Å². The van der Waals surface area contributed by atoms with E-state index in [1.54, 1.807) is 11.3 Å². The van der Waals surface area contributed by atoms with Crippen LogP contribution in [0.4, 0.5) is 0 Å². The Kier molecular flexibility index (Phi) is 4.01. The van der Waals surface area contributed by atoms with Gasteiger partial charge in [0.05, 0.1) is 11.4 Å². The third-order valence-corrected chi connectivity index (χ3v) is 6.67. The van der Waals surface area contributed by atoms with Crippen LogP contribution in [0.1, 0.15) is 61.8 Å². The van der Waals surface area contributed by atoms with Crippen molar-refractivity contribution in [1.82, 2.24) is 14.9 Å². The molecule has 2 aliphatic rings. The summed E-state index contributed by atoms with van der Waals surface area (Å²) in [6.07, 6.45) is 7.14. The van der Waals surface area contributed by atoms with E-state index in [4.69, 9.17) is 4.98 Å². The molecular weight excluding hydrogens is 306 g/mol. The van der Waals surface area contributed by atoms with E-state index in [0.29, 0.717) is 0 Å². The average molecular weight is 331 g/mol. The summed E-state index contributed by atoms with van der Waals surface area (Å²) in [4.78, 5) is 25.4. The van der Waals surface area contributed by atoms with Crippen molar-refractivity contribution in [2.24, 2.45) is 5.92 Å². The fraction of sp³-hybridized carbons (Fsp3) is 0.667. The van der Waals surface area contributed by atoms with Crippen LogP contribution in [0.5, 0.6) is 0 Å². The lowest BCUT2D eigenvalue weighted by atomic mass is 9.89. The van der Waals surface area contributed by atoms with E-state index in [2.05, 4.69) is 23.7 Å². The fourth-order valence-corrected chi connectivity index (χ4v) is 5.43. The van der Waals surface area contributed by atoms with Crippen molar-refractivity contribution in [1.29, 1.82) is 0 Å². The highest BCUT2D eigenvalue weighted by Crippen LogP contribution is 2.36. The second kappa shape index (κ2) is 6.02. The Hall–Kier alpha value is -1.20. The first kappa shape index (κ1) is 15.3. The van der Waals surface area contributed by atoms with Crippen LogP contribution in [0.3, 0.4) is 0 Å². The molecule has 0 saturated carbocycles. The molecule has 4 rings (SSSR count). The highest BCUT2D eigenvalue weighted by Gasteiger charge is 2.25. The zero-order chi connectivity index (χ0) is 16.0. The molecule has 0 amide bonds. The molecule has 5 heteroatoms. The van der Waals surface area contributed by atoms with Crippen molar-refractivity contribution < 1.29 is 0 Å². The highest BCUT2D eigenvalue weighted by molar-refractivity contribution is 7.18. The number of piperidine rings is 1. The van der Waals surface area contributed by atoms with Crippen molar-refractivity contribution in [2.45, 2.75) is 58.4 Å². The zero-order valence-electron chi connectivity index (χ0n) is 14.0. The number of rotatable bonds is 2. The number of H-pyrrole nitrogens is 1.